The Morgan fingerprint density at radius 2 is 1.57 bits per heavy atom. The van der Waals surface area contributed by atoms with Gasteiger partial charge >= 0.3 is 5.69 Å². The van der Waals surface area contributed by atoms with Crippen LogP contribution in [0.2, 0.25) is 0 Å². The summed E-state index contributed by atoms with van der Waals surface area (Å²) in [6.07, 6.45) is 8.82. The molecule has 4 aliphatic carbocycles. The van der Waals surface area contributed by atoms with Crippen LogP contribution in [0.3, 0.4) is 0 Å². The second kappa shape index (κ2) is 4.82. The molecule has 0 amide bonds. The predicted octanol–water partition coefficient (Wildman–Crippen LogP) is 1.18. The summed E-state index contributed by atoms with van der Waals surface area (Å²) in [5.41, 5.74) is -0.954. The minimum absolute atomic E-state index is 0.0547. The fourth-order valence-corrected chi connectivity index (χ4v) is 5.40. The van der Waals surface area contributed by atoms with Crippen molar-refractivity contribution >= 4 is 6.21 Å². The van der Waals surface area contributed by atoms with Gasteiger partial charge in [-0.2, -0.15) is 0 Å². The van der Waals surface area contributed by atoms with E-state index >= 15 is 0 Å². The number of nitrogens with zero attached hydrogens (tertiary/aromatic N) is 3. The van der Waals surface area contributed by atoms with E-state index in [9.17, 15) is 14.7 Å². The average Bonchev–Trinajstić information content (AvgIpc) is 2.49. The molecule has 0 radical (unpaired) electrons. The largest absolute Gasteiger partial charge is 0.494 e. The van der Waals surface area contributed by atoms with Crippen LogP contribution >= 0.6 is 0 Å². The fourth-order valence-electron chi connectivity index (χ4n) is 5.40. The van der Waals surface area contributed by atoms with Crippen LogP contribution in [-0.4, -0.2) is 26.0 Å². The molecule has 0 atom stereocenters. The van der Waals surface area contributed by atoms with Gasteiger partial charge in [-0.1, -0.05) is 0 Å². The Balaban J connectivity index is 1.73. The van der Waals surface area contributed by atoms with E-state index in [1.54, 1.807) is 0 Å². The number of aromatic hydroxyl groups is 1. The van der Waals surface area contributed by atoms with E-state index in [0.717, 1.165) is 46.2 Å². The van der Waals surface area contributed by atoms with Gasteiger partial charge in [-0.3, -0.25) is 18.9 Å². The van der Waals surface area contributed by atoms with Crippen molar-refractivity contribution in [2.45, 2.75) is 44.1 Å². The summed E-state index contributed by atoms with van der Waals surface area (Å²) in [5, 5.41) is 10.2. The molecule has 4 bridgehead atoms. The van der Waals surface area contributed by atoms with Gasteiger partial charge < -0.3 is 5.11 Å². The predicted molar refractivity (Wildman–Crippen MR) is 87.1 cm³/mol. The van der Waals surface area contributed by atoms with Gasteiger partial charge in [0, 0.05) is 20.3 Å². The van der Waals surface area contributed by atoms with Crippen LogP contribution < -0.4 is 11.2 Å². The molecule has 0 spiro atoms. The molecule has 23 heavy (non-hydrogen) atoms. The molecule has 1 aromatic heterocycles. The minimum atomic E-state index is -0.528. The van der Waals surface area contributed by atoms with E-state index in [-0.39, 0.29) is 17.0 Å². The maximum absolute atomic E-state index is 12.3. The molecule has 124 valence electrons. The summed E-state index contributed by atoms with van der Waals surface area (Å²) in [4.78, 5) is 28.9. The number of aliphatic imine (C=N–C) groups is 1. The number of hydrogen-bond donors (Lipinski definition) is 1. The Hall–Kier alpha value is -1.85. The Kier molecular flexibility index (Phi) is 3.09. The Bertz CT molecular complexity index is 767. The molecule has 0 unspecified atom stereocenters. The zero-order valence-corrected chi connectivity index (χ0v) is 13.7. The first kappa shape index (κ1) is 14.7. The lowest BCUT2D eigenvalue weighted by atomic mass is 9.53. The third-order valence-corrected chi connectivity index (χ3v) is 6.14. The normalized spacial score (nSPS) is 35.3. The van der Waals surface area contributed by atoms with Gasteiger partial charge in [0.2, 0.25) is 5.88 Å². The Labute approximate surface area is 134 Å². The molecular formula is C17H23N3O3. The summed E-state index contributed by atoms with van der Waals surface area (Å²) in [7, 11) is 2.88. The average molecular weight is 317 g/mol. The fraction of sp³-hybridized carbons (Fsp3) is 0.706. The van der Waals surface area contributed by atoms with Crippen molar-refractivity contribution in [2.24, 2.45) is 36.8 Å². The summed E-state index contributed by atoms with van der Waals surface area (Å²) >= 11 is 0. The molecule has 5 rings (SSSR count). The quantitative estimate of drug-likeness (QED) is 0.832. The van der Waals surface area contributed by atoms with Gasteiger partial charge in [-0.15, -0.1) is 0 Å². The molecule has 1 heterocycles. The van der Waals surface area contributed by atoms with Crippen LogP contribution in [0.4, 0.5) is 0 Å². The first-order chi connectivity index (χ1) is 10.9. The highest BCUT2D eigenvalue weighted by molar-refractivity contribution is 5.82. The maximum Gasteiger partial charge on any atom is 0.333 e. The van der Waals surface area contributed by atoms with E-state index in [4.69, 9.17) is 4.99 Å². The van der Waals surface area contributed by atoms with Crippen molar-refractivity contribution < 1.29 is 5.11 Å². The second-order valence-electron chi connectivity index (χ2n) is 7.84. The topological polar surface area (TPSA) is 76.6 Å². The summed E-state index contributed by atoms with van der Waals surface area (Å²) < 4.78 is 2.10. The van der Waals surface area contributed by atoms with Gasteiger partial charge in [0.1, 0.15) is 5.56 Å². The van der Waals surface area contributed by atoms with E-state index in [2.05, 4.69) is 0 Å². The zero-order valence-electron chi connectivity index (χ0n) is 13.7. The molecule has 1 N–H and O–H groups in total. The van der Waals surface area contributed by atoms with Crippen LogP contribution in [0.5, 0.6) is 5.88 Å². The first-order valence-electron chi connectivity index (χ1n) is 8.43. The highest BCUT2D eigenvalue weighted by atomic mass is 16.3. The van der Waals surface area contributed by atoms with Crippen molar-refractivity contribution in [2.75, 3.05) is 0 Å². The zero-order chi connectivity index (χ0) is 16.4. The first-order valence-corrected chi connectivity index (χ1v) is 8.43. The molecular weight excluding hydrogens is 294 g/mol. The molecule has 6 nitrogen and oxygen atoms in total. The van der Waals surface area contributed by atoms with Crippen LogP contribution in [0.15, 0.2) is 14.6 Å². The number of rotatable bonds is 2. The number of hydrogen-bond acceptors (Lipinski definition) is 4. The minimum Gasteiger partial charge on any atom is -0.494 e. The maximum atomic E-state index is 12.3. The highest BCUT2D eigenvalue weighted by Crippen LogP contribution is 2.57. The molecule has 6 heteroatoms. The van der Waals surface area contributed by atoms with Crippen molar-refractivity contribution in [3.63, 3.8) is 0 Å². The van der Waals surface area contributed by atoms with Crippen molar-refractivity contribution in [1.82, 2.24) is 9.13 Å². The standard InChI is InChI=1S/C17H23N3O3/c1-19-14(21)13(15(22)20(2)16(19)23)9-18-17-6-10-3-11(7-17)5-12(4-10)8-17/h9-12,21H,3-8H2,1-2H3. The molecule has 0 saturated heterocycles. The van der Waals surface area contributed by atoms with Crippen LogP contribution in [0.1, 0.15) is 44.1 Å². The lowest BCUT2D eigenvalue weighted by Crippen LogP contribution is -2.49. The van der Waals surface area contributed by atoms with Gasteiger partial charge in [-0.05, 0) is 56.3 Å². The monoisotopic (exact) mass is 317 g/mol. The summed E-state index contributed by atoms with van der Waals surface area (Å²) in [6.45, 7) is 0. The highest BCUT2D eigenvalue weighted by Gasteiger charge is 2.50. The Morgan fingerprint density at radius 3 is 2.09 bits per heavy atom. The Morgan fingerprint density at radius 1 is 1.04 bits per heavy atom. The van der Waals surface area contributed by atoms with Gasteiger partial charge in [0.15, 0.2) is 0 Å². The lowest BCUT2D eigenvalue weighted by Gasteiger charge is -2.54. The van der Waals surface area contributed by atoms with E-state index in [0.29, 0.717) is 0 Å². The van der Waals surface area contributed by atoms with E-state index < -0.39 is 11.2 Å². The summed E-state index contributed by atoms with van der Waals surface area (Å²) in [5.74, 6) is 2.02. The third kappa shape index (κ3) is 2.18. The lowest BCUT2D eigenvalue weighted by molar-refractivity contribution is 0.00194. The molecule has 4 fully saturated rings. The van der Waals surface area contributed by atoms with Gasteiger partial charge in [0.25, 0.3) is 5.56 Å². The number of aromatic nitrogens is 2. The van der Waals surface area contributed by atoms with Crippen LogP contribution in [-0.2, 0) is 14.1 Å². The van der Waals surface area contributed by atoms with E-state index in [1.165, 1.54) is 39.6 Å². The van der Waals surface area contributed by atoms with Gasteiger partial charge in [-0.25, -0.2) is 4.79 Å². The second-order valence-corrected chi connectivity index (χ2v) is 7.84. The molecule has 0 aromatic carbocycles. The van der Waals surface area contributed by atoms with Crippen LogP contribution in [0.25, 0.3) is 0 Å². The van der Waals surface area contributed by atoms with Gasteiger partial charge in [0.05, 0.1) is 5.54 Å². The molecule has 1 aromatic rings. The van der Waals surface area contributed by atoms with Crippen molar-refractivity contribution in [3.05, 3.63) is 26.4 Å². The van der Waals surface area contributed by atoms with Crippen LogP contribution in [0, 0.1) is 17.8 Å². The third-order valence-electron chi connectivity index (χ3n) is 6.14. The van der Waals surface area contributed by atoms with Crippen molar-refractivity contribution in [1.29, 1.82) is 0 Å². The molecule has 0 aliphatic heterocycles. The van der Waals surface area contributed by atoms with E-state index in [1.807, 2.05) is 0 Å². The summed E-state index contributed by atoms with van der Waals surface area (Å²) in [6, 6.07) is 0. The SMILES string of the molecule is Cn1c(O)c(C=NC23CC4CC(CC(C4)C2)C3)c(=O)n(C)c1=O. The molecule has 4 saturated carbocycles. The molecule has 4 aliphatic rings. The smallest absolute Gasteiger partial charge is 0.333 e. The van der Waals surface area contributed by atoms with Crippen molar-refractivity contribution in [3.8, 4) is 5.88 Å².